The van der Waals surface area contributed by atoms with Gasteiger partial charge in [-0.1, -0.05) is 38.7 Å². The van der Waals surface area contributed by atoms with E-state index < -0.39 is 0 Å². The van der Waals surface area contributed by atoms with E-state index in [-0.39, 0.29) is 18.5 Å². The highest BCUT2D eigenvalue weighted by atomic mass is 79.9. The number of hydrogen-bond donors (Lipinski definition) is 3. The second-order valence-electron chi connectivity index (χ2n) is 5.74. The van der Waals surface area contributed by atoms with Crippen LogP contribution in [0.2, 0.25) is 0 Å². The molecule has 140 valence electrons. The number of nitrogens with zero attached hydrogens (tertiary/aromatic N) is 4. The molecule has 3 rings (SSSR count). The number of benzene rings is 2. The maximum Gasteiger partial charge on any atom is 0.262 e. The number of amides is 1. The van der Waals surface area contributed by atoms with Crippen LogP contribution in [0.15, 0.2) is 46.9 Å². The zero-order chi connectivity index (χ0) is 19.2. The Morgan fingerprint density at radius 1 is 1.26 bits per heavy atom. The third kappa shape index (κ3) is 5.17. The molecule has 0 saturated heterocycles. The van der Waals surface area contributed by atoms with E-state index in [1.807, 2.05) is 43.3 Å². The summed E-state index contributed by atoms with van der Waals surface area (Å²) in [5.74, 6) is 0.465. The van der Waals surface area contributed by atoms with Crippen LogP contribution >= 0.6 is 15.9 Å². The first kappa shape index (κ1) is 18.6. The molecular formula is C17H18BrN7O2. The fourth-order valence-electron chi connectivity index (χ4n) is 2.27. The molecule has 0 aliphatic heterocycles. The first-order valence-electron chi connectivity index (χ1n) is 8.07. The van der Waals surface area contributed by atoms with Gasteiger partial charge < -0.3 is 21.2 Å². The van der Waals surface area contributed by atoms with E-state index in [9.17, 15) is 4.79 Å². The molecule has 0 fully saturated rings. The minimum atomic E-state index is -0.245. The van der Waals surface area contributed by atoms with Crippen molar-refractivity contribution in [1.82, 2.24) is 20.3 Å². The molecular weight excluding hydrogens is 414 g/mol. The van der Waals surface area contributed by atoms with Crippen LogP contribution in [-0.2, 0) is 11.3 Å². The molecule has 4 N–H and O–H groups in total. The summed E-state index contributed by atoms with van der Waals surface area (Å²) in [5, 5.41) is 13.6. The van der Waals surface area contributed by atoms with Crippen LogP contribution in [0.3, 0.4) is 0 Å². The van der Waals surface area contributed by atoms with Crippen molar-refractivity contribution in [2.24, 2.45) is 0 Å². The summed E-state index contributed by atoms with van der Waals surface area (Å²) in [7, 11) is 0. The Morgan fingerprint density at radius 2 is 2.04 bits per heavy atom. The molecule has 0 unspecified atom stereocenters. The molecule has 1 amide bonds. The summed E-state index contributed by atoms with van der Waals surface area (Å²) in [6.07, 6.45) is 0. The van der Waals surface area contributed by atoms with Gasteiger partial charge in [-0.25, -0.2) is 0 Å². The predicted octanol–water partition coefficient (Wildman–Crippen LogP) is 2.09. The minimum absolute atomic E-state index is 0.116. The first-order chi connectivity index (χ1) is 13.0. The van der Waals surface area contributed by atoms with E-state index in [0.717, 1.165) is 21.3 Å². The number of aryl methyl sites for hydroxylation is 1. The van der Waals surface area contributed by atoms with E-state index in [2.05, 4.69) is 42.2 Å². The standard InChI is InChI=1S/C17H18BrN7O2/c1-11-2-5-14(6-3-11)21-16(26)10-27-15-7-4-13(18)8-12(15)9-20-25-17(19)22-23-24-25/h2-8,20H,9-10H2,1H3,(H,21,26)(H2,19,22,24). The van der Waals surface area contributed by atoms with Crippen LogP contribution in [0.1, 0.15) is 11.1 Å². The zero-order valence-electron chi connectivity index (χ0n) is 14.5. The van der Waals surface area contributed by atoms with Crippen molar-refractivity contribution in [2.75, 3.05) is 23.1 Å². The van der Waals surface area contributed by atoms with E-state index in [4.69, 9.17) is 10.5 Å². The summed E-state index contributed by atoms with van der Waals surface area (Å²) in [6, 6.07) is 13.0. The minimum Gasteiger partial charge on any atom is -0.483 e. The fraction of sp³-hybridized carbons (Fsp3) is 0.176. The Morgan fingerprint density at radius 3 is 2.74 bits per heavy atom. The smallest absolute Gasteiger partial charge is 0.262 e. The van der Waals surface area contributed by atoms with Crippen molar-refractivity contribution in [3.05, 3.63) is 58.1 Å². The number of hydrogen-bond acceptors (Lipinski definition) is 7. The van der Waals surface area contributed by atoms with Gasteiger partial charge in [-0.15, -0.1) is 4.79 Å². The largest absolute Gasteiger partial charge is 0.483 e. The van der Waals surface area contributed by atoms with Crippen LogP contribution in [0.4, 0.5) is 11.6 Å². The highest BCUT2D eigenvalue weighted by Crippen LogP contribution is 2.23. The molecule has 27 heavy (non-hydrogen) atoms. The van der Waals surface area contributed by atoms with E-state index in [1.165, 1.54) is 4.79 Å². The van der Waals surface area contributed by atoms with E-state index >= 15 is 0 Å². The van der Waals surface area contributed by atoms with Gasteiger partial charge >= 0.3 is 0 Å². The molecule has 0 saturated carbocycles. The molecule has 0 aliphatic carbocycles. The summed E-state index contributed by atoms with van der Waals surface area (Å²) in [6.45, 7) is 2.22. The van der Waals surface area contributed by atoms with Crippen molar-refractivity contribution < 1.29 is 9.53 Å². The molecule has 2 aromatic carbocycles. The second-order valence-corrected chi connectivity index (χ2v) is 6.65. The monoisotopic (exact) mass is 431 g/mol. The summed E-state index contributed by atoms with van der Waals surface area (Å²) < 4.78 is 6.56. The van der Waals surface area contributed by atoms with Gasteiger partial charge in [0.15, 0.2) is 6.61 Å². The first-order valence-corrected chi connectivity index (χ1v) is 8.86. The number of nitrogen functional groups attached to an aromatic ring is 1. The Balaban J connectivity index is 1.61. The summed E-state index contributed by atoms with van der Waals surface area (Å²) in [5.41, 5.74) is 11.2. The van der Waals surface area contributed by atoms with Gasteiger partial charge in [-0.3, -0.25) is 4.79 Å². The van der Waals surface area contributed by atoms with Gasteiger partial charge in [-0.2, -0.15) is 0 Å². The van der Waals surface area contributed by atoms with Crippen molar-refractivity contribution in [3.63, 3.8) is 0 Å². The fourth-order valence-corrected chi connectivity index (χ4v) is 2.68. The van der Waals surface area contributed by atoms with Gasteiger partial charge in [0, 0.05) is 15.7 Å². The highest BCUT2D eigenvalue weighted by Gasteiger charge is 2.09. The van der Waals surface area contributed by atoms with Crippen molar-refractivity contribution in [3.8, 4) is 5.75 Å². The number of halogens is 1. The molecule has 1 aromatic heterocycles. The number of nitrogens with one attached hydrogen (secondary N) is 2. The number of carbonyl (C=O) groups is 1. The molecule has 10 heteroatoms. The number of nitrogens with two attached hydrogens (primary N) is 1. The van der Waals surface area contributed by atoms with E-state index in [0.29, 0.717) is 12.3 Å². The topological polar surface area (TPSA) is 120 Å². The Bertz CT molecular complexity index is 927. The number of ether oxygens (including phenoxy) is 1. The summed E-state index contributed by atoms with van der Waals surface area (Å²) in [4.78, 5) is 13.4. The average molecular weight is 432 g/mol. The highest BCUT2D eigenvalue weighted by molar-refractivity contribution is 9.10. The Hall–Kier alpha value is -3.14. The normalized spacial score (nSPS) is 10.4. The van der Waals surface area contributed by atoms with Crippen LogP contribution in [0.5, 0.6) is 5.75 Å². The number of carbonyl (C=O) groups excluding carboxylic acids is 1. The molecule has 1 heterocycles. The van der Waals surface area contributed by atoms with Crippen LogP contribution in [0.25, 0.3) is 0 Å². The summed E-state index contributed by atoms with van der Waals surface area (Å²) >= 11 is 3.43. The number of rotatable bonds is 7. The third-order valence-electron chi connectivity index (χ3n) is 3.63. The van der Waals surface area contributed by atoms with Crippen molar-refractivity contribution >= 4 is 33.5 Å². The maximum atomic E-state index is 12.1. The predicted molar refractivity (Wildman–Crippen MR) is 105 cm³/mol. The van der Waals surface area contributed by atoms with Crippen LogP contribution in [0, 0.1) is 6.92 Å². The lowest BCUT2D eigenvalue weighted by Crippen LogP contribution is -2.22. The molecule has 0 aliphatic rings. The molecule has 9 nitrogen and oxygen atoms in total. The molecule has 0 radical (unpaired) electrons. The van der Waals surface area contributed by atoms with Crippen molar-refractivity contribution in [1.29, 1.82) is 0 Å². The van der Waals surface area contributed by atoms with Gasteiger partial charge in [0.05, 0.1) is 6.54 Å². The average Bonchev–Trinajstić information content (AvgIpc) is 3.06. The molecule has 0 spiro atoms. The SMILES string of the molecule is Cc1ccc(NC(=O)COc2ccc(Br)cc2CNn2nnnc2N)cc1. The van der Waals surface area contributed by atoms with Gasteiger partial charge in [0.25, 0.3) is 11.9 Å². The lowest BCUT2D eigenvalue weighted by molar-refractivity contribution is -0.118. The molecule has 3 aromatic rings. The number of tetrazole rings is 1. The number of aromatic nitrogens is 4. The Kier molecular flexibility index (Phi) is 5.87. The van der Waals surface area contributed by atoms with Gasteiger partial charge in [0.2, 0.25) is 0 Å². The van der Waals surface area contributed by atoms with Gasteiger partial charge in [0.1, 0.15) is 5.75 Å². The second kappa shape index (κ2) is 8.49. The lowest BCUT2D eigenvalue weighted by atomic mass is 10.2. The third-order valence-corrected chi connectivity index (χ3v) is 4.12. The maximum absolute atomic E-state index is 12.1. The number of anilines is 2. The van der Waals surface area contributed by atoms with Crippen molar-refractivity contribution in [2.45, 2.75) is 13.5 Å². The molecule has 0 bridgehead atoms. The van der Waals surface area contributed by atoms with Crippen LogP contribution < -0.4 is 21.2 Å². The quantitative estimate of drug-likeness (QED) is 0.523. The van der Waals surface area contributed by atoms with Crippen LogP contribution in [-0.4, -0.2) is 32.8 Å². The lowest BCUT2D eigenvalue weighted by Gasteiger charge is -2.13. The Labute approximate surface area is 164 Å². The van der Waals surface area contributed by atoms with Gasteiger partial charge in [-0.05, 0) is 47.7 Å². The zero-order valence-corrected chi connectivity index (χ0v) is 16.1. The van der Waals surface area contributed by atoms with E-state index in [1.54, 1.807) is 6.07 Å². The molecule has 0 atom stereocenters.